The van der Waals surface area contributed by atoms with Gasteiger partial charge in [-0.15, -0.1) is 0 Å². The van der Waals surface area contributed by atoms with Crippen molar-refractivity contribution in [3.05, 3.63) is 11.8 Å². The molecule has 2 bridgehead atoms. The number of aromatic amines is 1. The van der Waals surface area contributed by atoms with E-state index < -0.39 is 0 Å². The number of aromatic nitrogens is 2. The Hall–Kier alpha value is -0.990. The number of anilines is 1. The third kappa shape index (κ3) is 1.06. The summed E-state index contributed by atoms with van der Waals surface area (Å²) >= 11 is 0. The van der Waals surface area contributed by atoms with E-state index in [2.05, 4.69) is 10.2 Å². The number of nitrogens with one attached hydrogen (secondary N) is 1. The first-order chi connectivity index (χ1) is 6.33. The van der Waals surface area contributed by atoms with Gasteiger partial charge in [0.2, 0.25) is 0 Å². The predicted molar refractivity (Wildman–Crippen MR) is 51.2 cm³/mol. The molecule has 70 valence electrons. The van der Waals surface area contributed by atoms with Gasteiger partial charge in [-0.1, -0.05) is 6.42 Å². The van der Waals surface area contributed by atoms with Crippen LogP contribution >= 0.6 is 0 Å². The maximum absolute atomic E-state index is 5.60. The van der Waals surface area contributed by atoms with E-state index in [-0.39, 0.29) is 0 Å². The number of fused-ring (bicyclic) bond motifs is 2. The second kappa shape index (κ2) is 2.50. The zero-order valence-corrected chi connectivity index (χ0v) is 7.66. The Kier molecular flexibility index (Phi) is 1.43. The van der Waals surface area contributed by atoms with E-state index in [1.54, 1.807) is 0 Å². The molecule has 2 aliphatic rings. The van der Waals surface area contributed by atoms with E-state index >= 15 is 0 Å². The van der Waals surface area contributed by atoms with Crippen molar-refractivity contribution in [2.24, 2.45) is 11.8 Å². The highest BCUT2D eigenvalue weighted by atomic mass is 15.2. The van der Waals surface area contributed by atoms with Crippen molar-refractivity contribution in [3.8, 4) is 0 Å². The molecular weight excluding hydrogens is 162 g/mol. The Morgan fingerprint density at radius 2 is 2.31 bits per heavy atom. The lowest BCUT2D eigenvalue weighted by molar-refractivity contribution is 0.413. The molecule has 2 aliphatic carbocycles. The average molecular weight is 177 g/mol. The SMILES string of the molecule is Nc1cc([C@@H]2C[C@@H]3CC[C@@H]2C3)[nH]n1. The summed E-state index contributed by atoms with van der Waals surface area (Å²) < 4.78 is 0. The number of hydrogen-bond acceptors (Lipinski definition) is 2. The summed E-state index contributed by atoms with van der Waals surface area (Å²) in [6.07, 6.45) is 5.65. The zero-order valence-electron chi connectivity index (χ0n) is 7.66. The monoisotopic (exact) mass is 177 g/mol. The van der Waals surface area contributed by atoms with Crippen molar-refractivity contribution >= 4 is 5.82 Å². The molecule has 0 amide bonds. The molecule has 0 radical (unpaired) electrons. The first-order valence-corrected chi connectivity index (χ1v) is 5.13. The first kappa shape index (κ1) is 7.42. The Morgan fingerprint density at radius 3 is 2.85 bits per heavy atom. The summed E-state index contributed by atoms with van der Waals surface area (Å²) in [6, 6.07) is 2.01. The Morgan fingerprint density at radius 1 is 1.38 bits per heavy atom. The van der Waals surface area contributed by atoms with Crippen LogP contribution in [0.2, 0.25) is 0 Å². The van der Waals surface area contributed by atoms with Crippen LogP contribution in [0.3, 0.4) is 0 Å². The number of rotatable bonds is 1. The fourth-order valence-corrected chi connectivity index (χ4v) is 3.17. The summed E-state index contributed by atoms with van der Waals surface area (Å²) in [7, 11) is 0. The molecule has 0 aliphatic heterocycles. The third-order valence-electron chi connectivity index (χ3n) is 3.76. The summed E-state index contributed by atoms with van der Waals surface area (Å²) in [5.41, 5.74) is 6.87. The quantitative estimate of drug-likeness (QED) is 0.688. The number of nitrogen functional groups attached to an aromatic ring is 1. The molecule has 3 nitrogen and oxygen atoms in total. The van der Waals surface area contributed by atoms with Crippen LogP contribution in [0.25, 0.3) is 0 Å². The van der Waals surface area contributed by atoms with Crippen LogP contribution < -0.4 is 5.73 Å². The van der Waals surface area contributed by atoms with Crippen LogP contribution in [0.1, 0.15) is 37.3 Å². The maximum atomic E-state index is 5.60. The summed E-state index contributed by atoms with van der Waals surface area (Å²) in [6.45, 7) is 0. The first-order valence-electron chi connectivity index (χ1n) is 5.13. The van der Waals surface area contributed by atoms with Gasteiger partial charge < -0.3 is 5.73 Å². The van der Waals surface area contributed by atoms with Crippen LogP contribution in [0.15, 0.2) is 6.07 Å². The second-order valence-electron chi connectivity index (χ2n) is 4.53. The van der Waals surface area contributed by atoms with Gasteiger partial charge in [-0.05, 0) is 31.1 Å². The van der Waals surface area contributed by atoms with E-state index in [0.29, 0.717) is 5.82 Å². The Bertz CT molecular complexity index is 318. The lowest BCUT2D eigenvalue weighted by Gasteiger charge is -2.19. The molecule has 2 fully saturated rings. The Labute approximate surface area is 77.7 Å². The van der Waals surface area contributed by atoms with Gasteiger partial charge >= 0.3 is 0 Å². The fraction of sp³-hybridized carbons (Fsp3) is 0.700. The fourth-order valence-electron chi connectivity index (χ4n) is 3.17. The highest BCUT2D eigenvalue weighted by Crippen LogP contribution is 2.52. The number of nitrogens with two attached hydrogens (primary N) is 1. The van der Waals surface area contributed by atoms with Crippen molar-refractivity contribution in [2.75, 3.05) is 5.73 Å². The highest BCUT2D eigenvalue weighted by molar-refractivity contribution is 5.31. The van der Waals surface area contributed by atoms with Crippen molar-refractivity contribution < 1.29 is 0 Å². The molecule has 3 N–H and O–H groups in total. The van der Waals surface area contributed by atoms with E-state index in [4.69, 9.17) is 5.73 Å². The minimum absolute atomic E-state index is 0.637. The van der Waals surface area contributed by atoms with Gasteiger partial charge in [0.25, 0.3) is 0 Å². The predicted octanol–water partition coefficient (Wildman–Crippen LogP) is 1.90. The third-order valence-corrected chi connectivity index (χ3v) is 3.76. The Balaban J connectivity index is 1.87. The highest BCUT2D eigenvalue weighted by Gasteiger charge is 2.40. The van der Waals surface area contributed by atoms with E-state index in [9.17, 15) is 0 Å². The number of H-pyrrole nitrogens is 1. The molecule has 3 rings (SSSR count). The van der Waals surface area contributed by atoms with Gasteiger partial charge in [-0.3, -0.25) is 5.10 Å². The van der Waals surface area contributed by atoms with Crippen molar-refractivity contribution in [3.63, 3.8) is 0 Å². The lowest BCUT2D eigenvalue weighted by atomic mass is 9.86. The molecule has 1 aromatic rings. The van der Waals surface area contributed by atoms with Crippen molar-refractivity contribution in [2.45, 2.75) is 31.6 Å². The largest absolute Gasteiger partial charge is 0.382 e. The molecule has 13 heavy (non-hydrogen) atoms. The maximum Gasteiger partial charge on any atom is 0.145 e. The normalized spacial score (nSPS) is 37.1. The van der Waals surface area contributed by atoms with Gasteiger partial charge in [-0.25, -0.2) is 0 Å². The standard InChI is InChI=1S/C10H15N3/c11-10-5-9(12-13-10)8-4-6-1-2-7(8)3-6/h5-8H,1-4H2,(H3,11,12,13)/t6-,7-,8-/m1/s1. The molecule has 0 aromatic carbocycles. The van der Waals surface area contributed by atoms with Crippen LogP contribution in [-0.2, 0) is 0 Å². The molecule has 0 spiro atoms. The molecule has 1 heterocycles. The van der Waals surface area contributed by atoms with E-state index in [0.717, 1.165) is 17.8 Å². The van der Waals surface area contributed by atoms with Gasteiger partial charge in [0.1, 0.15) is 5.82 Å². The van der Waals surface area contributed by atoms with Gasteiger partial charge in [0.15, 0.2) is 0 Å². The molecular formula is C10H15N3. The van der Waals surface area contributed by atoms with E-state index in [1.807, 2.05) is 6.07 Å². The van der Waals surface area contributed by atoms with Crippen LogP contribution in [-0.4, -0.2) is 10.2 Å². The topological polar surface area (TPSA) is 54.7 Å². The van der Waals surface area contributed by atoms with Crippen LogP contribution in [0, 0.1) is 11.8 Å². The number of nitrogens with zero attached hydrogens (tertiary/aromatic N) is 1. The van der Waals surface area contributed by atoms with Gasteiger partial charge in [0.05, 0.1) is 0 Å². The molecule has 0 unspecified atom stereocenters. The summed E-state index contributed by atoms with van der Waals surface area (Å²) in [4.78, 5) is 0. The van der Waals surface area contributed by atoms with Crippen LogP contribution in [0.5, 0.6) is 0 Å². The minimum atomic E-state index is 0.637. The smallest absolute Gasteiger partial charge is 0.145 e. The molecule has 0 saturated heterocycles. The summed E-state index contributed by atoms with van der Waals surface area (Å²) in [5, 5.41) is 7.05. The summed E-state index contributed by atoms with van der Waals surface area (Å²) in [5.74, 6) is 3.26. The van der Waals surface area contributed by atoms with E-state index in [1.165, 1.54) is 31.4 Å². The molecule has 2 saturated carbocycles. The van der Waals surface area contributed by atoms with Crippen molar-refractivity contribution in [1.29, 1.82) is 0 Å². The van der Waals surface area contributed by atoms with Crippen LogP contribution in [0.4, 0.5) is 5.82 Å². The average Bonchev–Trinajstić information content (AvgIpc) is 2.77. The van der Waals surface area contributed by atoms with Gasteiger partial charge in [0, 0.05) is 17.7 Å². The molecule has 3 atom stereocenters. The second-order valence-corrected chi connectivity index (χ2v) is 4.53. The van der Waals surface area contributed by atoms with Crippen molar-refractivity contribution in [1.82, 2.24) is 10.2 Å². The number of hydrogen-bond donors (Lipinski definition) is 2. The van der Waals surface area contributed by atoms with Gasteiger partial charge in [-0.2, -0.15) is 5.10 Å². The lowest BCUT2D eigenvalue weighted by Crippen LogP contribution is -2.08. The molecule has 1 aromatic heterocycles. The minimum Gasteiger partial charge on any atom is -0.382 e. The molecule has 3 heteroatoms. The zero-order chi connectivity index (χ0) is 8.84.